The van der Waals surface area contributed by atoms with Crippen molar-refractivity contribution in [3.05, 3.63) is 17.7 Å². The van der Waals surface area contributed by atoms with E-state index in [1.807, 2.05) is 7.05 Å². The maximum absolute atomic E-state index is 5.35. The summed E-state index contributed by atoms with van der Waals surface area (Å²) in [4.78, 5) is 9.90. The molecule has 2 rings (SSSR count). The number of hydrogen-bond acceptors (Lipinski definition) is 2. The van der Waals surface area contributed by atoms with Gasteiger partial charge in [0.05, 0.1) is 18.1 Å². The molecule has 1 aromatic rings. The van der Waals surface area contributed by atoms with E-state index in [-0.39, 0.29) is 6.04 Å². The summed E-state index contributed by atoms with van der Waals surface area (Å²) >= 11 is 5.35. The Morgan fingerprint density at radius 1 is 1.69 bits per heavy atom. The molecule has 0 aliphatic carbocycles. The Labute approximate surface area is 101 Å². The van der Waals surface area contributed by atoms with Crippen molar-refractivity contribution >= 4 is 17.3 Å². The van der Waals surface area contributed by atoms with Gasteiger partial charge in [0, 0.05) is 25.7 Å². The van der Waals surface area contributed by atoms with Gasteiger partial charge in [0.2, 0.25) is 0 Å². The summed E-state index contributed by atoms with van der Waals surface area (Å²) in [5.74, 6) is 0.494. The molecule has 0 fully saturated rings. The summed E-state index contributed by atoms with van der Waals surface area (Å²) in [7, 11) is 1.87. The van der Waals surface area contributed by atoms with Gasteiger partial charge in [0.15, 0.2) is 5.11 Å². The minimum absolute atomic E-state index is 0.287. The van der Waals surface area contributed by atoms with Crippen molar-refractivity contribution in [3.8, 4) is 0 Å². The van der Waals surface area contributed by atoms with Crippen LogP contribution in [-0.2, 0) is 6.42 Å². The highest BCUT2D eigenvalue weighted by Gasteiger charge is 2.32. The van der Waals surface area contributed by atoms with E-state index >= 15 is 0 Å². The maximum atomic E-state index is 5.35. The average Bonchev–Trinajstić information content (AvgIpc) is 2.73. The fourth-order valence-electron chi connectivity index (χ4n) is 2.35. The molecule has 0 amide bonds. The lowest BCUT2D eigenvalue weighted by atomic mass is 9.93. The van der Waals surface area contributed by atoms with Crippen molar-refractivity contribution in [1.29, 1.82) is 0 Å². The summed E-state index contributed by atoms with van der Waals surface area (Å²) in [5.41, 5.74) is 2.41. The van der Waals surface area contributed by atoms with Crippen molar-refractivity contribution in [1.82, 2.24) is 20.2 Å². The number of fused-ring (bicyclic) bond motifs is 1. The molecule has 0 radical (unpaired) electrons. The van der Waals surface area contributed by atoms with Crippen molar-refractivity contribution in [2.75, 3.05) is 13.6 Å². The molecule has 1 aliphatic heterocycles. The van der Waals surface area contributed by atoms with Crippen LogP contribution in [0.25, 0.3) is 0 Å². The molecular formula is C11H18N4S. The zero-order valence-corrected chi connectivity index (χ0v) is 10.8. The van der Waals surface area contributed by atoms with E-state index in [4.69, 9.17) is 12.2 Å². The lowest BCUT2D eigenvalue weighted by Gasteiger charge is -2.38. The van der Waals surface area contributed by atoms with Gasteiger partial charge in [-0.1, -0.05) is 13.8 Å². The first-order valence-corrected chi connectivity index (χ1v) is 6.06. The Morgan fingerprint density at radius 2 is 2.44 bits per heavy atom. The van der Waals surface area contributed by atoms with E-state index in [0.717, 1.165) is 23.8 Å². The largest absolute Gasteiger partial charge is 0.366 e. The average molecular weight is 238 g/mol. The summed E-state index contributed by atoms with van der Waals surface area (Å²) in [5, 5.41) is 3.87. The summed E-state index contributed by atoms with van der Waals surface area (Å²) in [6.45, 7) is 5.37. The third-order valence-electron chi connectivity index (χ3n) is 3.08. The quantitative estimate of drug-likeness (QED) is 0.727. The highest BCUT2D eigenvalue weighted by atomic mass is 32.1. The van der Waals surface area contributed by atoms with Gasteiger partial charge < -0.3 is 15.2 Å². The van der Waals surface area contributed by atoms with E-state index in [0.29, 0.717) is 5.92 Å². The third-order valence-corrected chi connectivity index (χ3v) is 3.52. The molecule has 5 heteroatoms. The first-order valence-electron chi connectivity index (χ1n) is 5.65. The Bertz CT molecular complexity index is 385. The van der Waals surface area contributed by atoms with Gasteiger partial charge in [0.1, 0.15) is 0 Å². The fraction of sp³-hybridized carbons (Fsp3) is 0.636. The zero-order chi connectivity index (χ0) is 11.7. The lowest BCUT2D eigenvalue weighted by Crippen LogP contribution is -2.46. The molecule has 1 aliphatic rings. The molecule has 2 heterocycles. The van der Waals surface area contributed by atoms with Crippen LogP contribution in [0.2, 0.25) is 0 Å². The monoisotopic (exact) mass is 238 g/mol. The van der Waals surface area contributed by atoms with E-state index in [1.165, 1.54) is 5.69 Å². The van der Waals surface area contributed by atoms with Crippen molar-refractivity contribution in [3.63, 3.8) is 0 Å². The van der Waals surface area contributed by atoms with Crippen LogP contribution < -0.4 is 5.32 Å². The number of hydrogen-bond donors (Lipinski definition) is 2. The molecule has 16 heavy (non-hydrogen) atoms. The number of nitrogens with one attached hydrogen (secondary N) is 2. The van der Waals surface area contributed by atoms with Crippen LogP contribution >= 0.6 is 12.2 Å². The number of imidazole rings is 1. The van der Waals surface area contributed by atoms with Gasteiger partial charge >= 0.3 is 0 Å². The predicted octanol–water partition coefficient (Wildman–Crippen LogP) is 1.47. The molecular weight excluding hydrogens is 220 g/mol. The number of thiocarbonyl (C=S) groups is 1. The molecule has 1 unspecified atom stereocenters. The summed E-state index contributed by atoms with van der Waals surface area (Å²) in [6.07, 6.45) is 2.77. The highest BCUT2D eigenvalue weighted by Crippen LogP contribution is 2.33. The van der Waals surface area contributed by atoms with Gasteiger partial charge in [-0.15, -0.1) is 0 Å². The Kier molecular flexibility index (Phi) is 3.14. The Balaban J connectivity index is 2.34. The van der Waals surface area contributed by atoms with Crippen LogP contribution in [0.3, 0.4) is 0 Å². The minimum atomic E-state index is 0.287. The summed E-state index contributed by atoms with van der Waals surface area (Å²) < 4.78 is 0. The summed E-state index contributed by atoms with van der Waals surface area (Å²) in [6, 6.07) is 0.287. The van der Waals surface area contributed by atoms with Crippen molar-refractivity contribution in [2.45, 2.75) is 26.3 Å². The molecule has 1 atom stereocenters. The normalized spacial score (nSPS) is 19.8. The SMILES string of the molecule is CNC(=S)N1CCc2[nH]cnc2C1C(C)C. The second-order valence-corrected chi connectivity index (χ2v) is 4.84. The maximum Gasteiger partial charge on any atom is 0.169 e. The fourth-order valence-corrected chi connectivity index (χ4v) is 2.56. The van der Waals surface area contributed by atoms with E-state index in [9.17, 15) is 0 Å². The molecule has 88 valence electrons. The van der Waals surface area contributed by atoms with Crippen LogP contribution in [0.15, 0.2) is 6.33 Å². The minimum Gasteiger partial charge on any atom is -0.366 e. The predicted molar refractivity (Wildman–Crippen MR) is 68.2 cm³/mol. The first-order chi connectivity index (χ1) is 7.65. The van der Waals surface area contributed by atoms with Gasteiger partial charge in [-0.2, -0.15) is 0 Å². The van der Waals surface area contributed by atoms with Crippen molar-refractivity contribution < 1.29 is 0 Å². The molecule has 0 saturated carbocycles. The molecule has 0 bridgehead atoms. The van der Waals surface area contributed by atoms with Crippen LogP contribution in [0.4, 0.5) is 0 Å². The van der Waals surface area contributed by atoms with E-state index in [1.54, 1.807) is 6.33 Å². The van der Waals surface area contributed by atoms with Gasteiger partial charge in [-0.25, -0.2) is 4.98 Å². The third kappa shape index (κ3) is 1.80. The van der Waals surface area contributed by atoms with Crippen molar-refractivity contribution in [2.24, 2.45) is 5.92 Å². The molecule has 2 N–H and O–H groups in total. The Morgan fingerprint density at radius 3 is 3.06 bits per heavy atom. The highest BCUT2D eigenvalue weighted by molar-refractivity contribution is 7.80. The standard InChI is InChI=1S/C11H18N4S/c1-7(2)10-9-8(13-6-14-9)4-5-15(10)11(16)12-3/h6-7,10H,4-5H2,1-3H3,(H,12,16)(H,13,14). The molecule has 1 aromatic heterocycles. The second-order valence-electron chi connectivity index (χ2n) is 4.45. The molecule has 0 aromatic carbocycles. The number of rotatable bonds is 1. The topological polar surface area (TPSA) is 44.0 Å². The van der Waals surface area contributed by atoms with Crippen LogP contribution in [0, 0.1) is 5.92 Å². The van der Waals surface area contributed by atoms with E-state index in [2.05, 4.69) is 34.0 Å². The zero-order valence-electron chi connectivity index (χ0n) is 9.95. The van der Waals surface area contributed by atoms with Gasteiger partial charge in [0.25, 0.3) is 0 Å². The second kappa shape index (κ2) is 4.41. The molecule has 0 spiro atoms. The molecule has 0 saturated heterocycles. The number of aromatic nitrogens is 2. The number of nitrogens with zero attached hydrogens (tertiary/aromatic N) is 2. The number of aromatic amines is 1. The molecule has 4 nitrogen and oxygen atoms in total. The lowest BCUT2D eigenvalue weighted by molar-refractivity contribution is 0.230. The smallest absolute Gasteiger partial charge is 0.169 e. The van der Waals surface area contributed by atoms with E-state index < -0.39 is 0 Å². The van der Waals surface area contributed by atoms with Crippen LogP contribution in [0.1, 0.15) is 31.3 Å². The number of H-pyrrole nitrogens is 1. The Hall–Kier alpha value is -1.10. The first kappa shape index (κ1) is 11.4. The van der Waals surface area contributed by atoms with Gasteiger partial charge in [-0.3, -0.25) is 0 Å². The van der Waals surface area contributed by atoms with Gasteiger partial charge in [-0.05, 0) is 18.1 Å². The van der Waals surface area contributed by atoms with Crippen LogP contribution in [-0.4, -0.2) is 33.6 Å². The van der Waals surface area contributed by atoms with Crippen LogP contribution in [0.5, 0.6) is 0 Å².